The number of ether oxygens (including phenoxy) is 1. The van der Waals surface area contributed by atoms with Gasteiger partial charge in [0.15, 0.2) is 6.61 Å². The van der Waals surface area contributed by atoms with Gasteiger partial charge in [0.25, 0.3) is 5.91 Å². The van der Waals surface area contributed by atoms with Gasteiger partial charge in [-0.05, 0) is 24.3 Å². The maximum atomic E-state index is 12.3. The molecule has 0 radical (unpaired) electrons. The molecule has 1 aliphatic rings. The summed E-state index contributed by atoms with van der Waals surface area (Å²) in [6, 6.07) is 12.0. The molecule has 23 heavy (non-hydrogen) atoms. The molecule has 118 valence electrons. The maximum absolute atomic E-state index is 12.3. The van der Waals surface area contributed by atoms with Gasteiger partial charge in [-0.1, -0.05) is 41.4 Å². The molecule has 7 heteroatoms. The molecular weight excluding hydrogens is 339 g/mol. The van der Waals surface area contributed by atoms with Crippen molar-refractivity contribution in [3.8, 4) is 5.75 Å². The molecule has 2 aromatic carbocycles. The summed E-state index contributed by atoms with van der Waals surface area (Å²) in [5.41, 5.74) is 0.888. The summed E-state index contributed by atoms with van der Waals surface area (Å²) in [6.45, 7) is -0.252. The number of benzene rings is 2. The molecule has 0 saturated carbocycles. The molecule has 0 bridgehead atoms. The standard InChI is InChI=1S/C16H12Cl2N2O3/c17-10-4-3-5-11(18)16(10)19-14(21)8-20-12-6-1-2-7-13(12)23-9-15(20)22/h1-7H,8-9H2,(H,19,21). The Morgan fingerprint density at radius 1 is 1.13 bits per heavy atom. The molecule has 2 aromatic rings. The molecule has 1 N–H and O–H groups in total. The minimum atomic E-state index is -0.398. The molecule has 1 heterocycles. The zero-order valence-corrected chi connectivity index (χ0v) is 13.4. The summed E-state index contributed by atoms with van der Waals surface area (Å²) in [7, 11) is 0. The van der Waals surface area contributed by atoms with Crippen LogP contribution in [0.1, 0.15) is 0 Å². The molecule has 3 rings (SSSR count). The van der Waals surface area contributed by atoms with Crippen LogP contribution in [0, 0.1) is 0 Å². The monoisotopic (exact) mass is 350 g/mol. The number of nitrogens with one attached hydrogen (secondary N) is 1. The highest BCUT2D eigenvalue weighted by molar-refractivity contribution is 6.39. The lowest BCUT2D eigenvalue weighted by molar-refractivity contribution is -0.123. The van der Waals surface area contributed by atoms with Gasteiger partial charge in [0.2, 0.25) is 5.91 Å². The van der Waals surface area contributed by atoms with E-state index < -0.39 is 5.91 Å². The maximum Gasteiger partial charge on any atom is 0.265 e. The molecule has 0 atom stereocenters. The van der Waals surface area contributed by atoms with E-state index in [1.165, 1.54) is 4.90 Å². The third-order valence-corrected chi connectivity index (χ3v) is 3.97. The Balaban J connectivity index is 1.79. The summed E-state index contributed by atoms with van der Waals surface area (Å²) in [5.74, 6) is -0.121. The first kappa shape index (κ1) is 15.6. The van der Waals surface area contributed by atoms with Crippen LogP contribution in [0.5, 0.6) is 5.75 Å². The second-order valence-corrected chi connectivity index (χ2v) is 5.70. The molecule has 2 amide bonds. The largest absolute Gasteiger partial charge is 0.482 e. The number of carbonyl (C=O) groups is 2. The van der Waals surface area contributed by atoms with E-state index in [0.29, 0.717) is 27.2 Å². The topological polar surface area (TPSA) is 58.6 Å². The Hall–Kier alpha value is -2.24. The van der Waals surface area contributed by atoms with Crippen molar-refractivity contribution >= 4 is 46.4 Å². The molecule has 1 aliphatic heterocycles. The van der Waals surface area contributed by atoms with E-state index >= 15 is 0 Å². The zero-order chi connectivity index (χ0) is 16.4. The van der Waals surface area contributed by atoms with Gasteiger partial charge in [0.1, 0.15) is 12.3 Å². The van der Waals surface area contributed by atoms with Gasteiger partial charge in [0.05, 0.1) is 21.4 Å². The Labute approximate surface area is 142 Å². The lowest BCUT2D eigenvalue weighted by Gasteiger charge is -2.28. The number of fused-ring (bicyclic) bond motifs is 1. The highest BCUT2D eigenvalue weighted by atomic mass is 35.5. The number of nitrogens with zero attached hydrogens (tertiary/aromatic N) is 1. The van der Waals surface area contributed by atoms with Gasteiger partial charge >= 0.3 is 0 Å². The van der Waals surface area contributed by atoms with Crippen molar-refractivity contribution in [1.29, 1.82) is 0 Å². The highest BCUT2D eigenvalue weighted by Gasteiger charge is 2.27. The minimum absolute atomic E-state index is 0.100. The fraction of sp³-hybridized carbons (Fsp3) is 0.125. The number of anilines is 2. The van der Waals surface area contributed by atoms with Crippen LogP contribution in [-0.4, -0.2) is 25.0 Å². The number of para-hydroxylation sites is 3. The van der Waals surface area contributed by atoms with Gasteiger partial charge in [0, 0.05) is 0 Å². The third-order valence-electron chi connectivity index (χ3n) is 3.34. The minimum Gasteiger partial charge on any atom is -0.482 e. The van der Waals surface area contributed by atoms with Crippen LogP contribution in [0.25, 0.3) is 0 Å². The van der Waals surface area contributed by atoms with Gasteiger partial charge in [-0.3, -0.25) is 14.5 Å². The highest BCUT2D eigenvalue weighted by Crippen LogP contribution is 2.32. The lowest BCUT2D eigenvalue weighted by Crippen LogP contribution is -2.43. The predicted molar refractivity (Wildman–Crippen MR) is 89.4 cm³/mol. The van der Waals surface area contributed by atoms with E-state index in [0.717, 1.165) is 0 Å². The van der Waals surface area contributed by atoms with E-state index in [9.17, 15) is 9.59 Å². The second kappa shape index (κ2) is 6.48. The molecule has 0 saturated heterocycles. The molecule has 0 unspecified atom stereocenters. The molecule has 0 fully saturated rings. The first-order valence-electron chi connectivity index (χ1n) is 6.82. The van der Waals surface area contributed by atoms with Crippen molar-refractivity contribution in [3.63, 3.8) is 0 Å². The van der Waals surface area contributed by atoms with Crippen LogP contribution >= 0.6 is 23.2 Å². The van der Waals surface area contributed by atoms with Gasteiger partial charge in [-0.15, -0.1) is 0 Å². The van der Waals surface area contributed by atoms with E-state index in [1.807, 2.05) is 0 Å². The summed E-state index contributed by atoms with van der Waals surface area (Å²) in [6.07, 6.45) is 0. The van der Waals surface area contributed by atoms with Crippen LogP contribution in [0.2, 0.25) is 10.0 Å². The summed E-state index contributed by atoms with van der Waals surface area (Å²) >= 11 is 12.1. The van der Waals surface area contributed by atoms with Crippen LogP contribution in [0.4, 0.5) is 11.4 Å². The molecular formula is C16H12Cl2N2O3. The number of carbonyl (C=O) groups excluding carboxylic acids is 2. The number of halogens is 2. The molecule has 5 nitrogen and oxygen atoms in total. The first-order chi connectivity index (χ1) is 11.1. The summed E-state index contributed by atoms with van der Waals surface area (Å²) < 4.78 is 5.34. The number of amides is 2. The number of rotatable bonds is 3. The van der Waals surface area contributed by atoms with Crippen molar-refractivity contribution in [2.75, 3.05) is 23.4 Å². The summed E-state index contributed by atoms with van der Waals surface area (Å²) in [5, 5.41) is 3.31. The van der Waals surface area contributed by atoms with E-state index in [1.54, 1.807) is 42.5 Å². The van der Waals surface area contributed by atoms with Crippen LogP contribution in [0.3, 0.4) is 0 Å². The van der Waals surface area contributed by atoms with Crippen molar-refractivity contribution in [3.05, 3.63) is 52.5 Å². The van der Waals surface area contributed by atoms with Gasteiger partial charge < -0.3 is 10.1 Å². The smallest absolute Gasteiger partial charge is 0.265 e. The van der Waals surface area contributed by atoms with Crippen molar-refractivity contribution in [2.45, 2.75) is 0 Å². The summed E-state index contributed by atoms with van der Waals surface area (Å²) in [4.78, 5) is 25.7. The fourth-order valence-corrected chi connectivity index (χ4v) is 2.76. The lowest BCUT2D eigenvalue weighted by atomic mass is 10.2. The Bertz CT molecular complexity index is 759. The fourth-order valence-electron chi connectivity index (χ4n) is 2.27. The predicted octanol–water partition coefficient (Wildman–Crippen LogP) is 3.36. The van der Waals surface area contributed by atoms with Gasteiger partial charge in [-0.25, -0.2) is 0 Å². The first-order valence-corrected chi connectivity index (χ1v) is 7.58. The van der Waals surface area contributed by atoms with E-state index in [-0.39, 0.29) is 19.1 Å². The number of hydrogen-bond acceptors (Lipinski definition) is 3. The quantitative estimate of drug-likeness (QED) is 0.923. The second-order valence-electron chi connectivity index (χ2n) is 4.88. The van der Waals surface area contributed by atoms with E-state index in [2.05, 4.69) is 5.32 Å². The number of hydrogen-bond donors (Lipinski definition) is 1. The van der Waals surface area contributed by atoms with Crippen LogP contribution < -0.4 is 15.0 Å². The van der Waals surface area contributed by atoms with Gasteiger partial charge in [-0.2, -0.15) is 0 Å². The SMILES string of the molecule is O=C(CN1C(=O)COc2ccccc21)Nc1c(Cl)cccc1Cl. The van der Waals surface area contributed by atoms with Crippen LogP contribution in [-0.2, 0) is 9.59 Å². The molecule has 0 aromatic heterocycles. The van der Waals surface area contributed by atoms with Crippen LogP contribution in [0.15, 0.2) is 42.5 Å². The Kier molecular flexibility index (Phi) is 4.41. The van der Waals surface area contributed by atoms with Crippen molar-refractivity contribution < 1.29 is 14.3 Å². The normalized spacial score (nSPS) is 13.3. The third kappa shape index (κ3) is 3.25. The molecule has 0 aliphatic carbocycles. The Morgan fingerprint density at radius 2 is 1.83 bits per heavy atom. The molecule has 0 spiro atoms. The van der Waals surface area contributed by atoms with Crippen molar-refractivity contribution in [1.82, 2.24) is 0 Å². The zero-order valence-electron chi connectivity index (χ0n) is 11.9. The van der Waals surface area contributed by atoms with E-state index in [4.69, 9.17) is 27.9 Å². The van der Waals surface area contributed by atoms with Crippen molar-refractivity contribution in [2.24, 2.45) is 0 Å². The average Bonchev–Trinajstić information content (AvgIpc) is 2.54. The Morgan fingerprint density at radius 3 is 2.57 bits per heavy atom. The average molecular weight is 351 g/mol.